The van der Waals surface area contributed by atoms with Gasteiger partial charge in [-0.1, -0.05) is 6.07 Å². The second-order valence-corrected chi connectivity index (χ2v) is 6.66. The zero-order valence-corrected chi connectivity index (χ0v) is 15.1. The molecule has 1 amide bonds. The summed E-state index contributed by atoms with van der Waals surface area (Å²) in [4.78, 5) is 14.8. The molecule has 1 aromatic heterocycles. The quantitative estimate of drug-likeness (QED) is 0.903. The lowest BCUT2D eigenvalue weighted by atomic mass is 10.0. The predicted octanol–water partition coefficient (Wildman–Crippen LogP) is 3.55. The summed E-state index contributed by atoms with van der Waals surface area (Å²) in [6, 6.07) is 9.75. The summed E-state index contributed by atoms with van der Waals surface area (Å²) in [6.07, 6.45) is 3.64. The minimum absolute atomic E-state index is 0.0349. The zero-order chi connectivity index (χ0) is 17.8. The number of rotatable bonds is 5. The Morgan fingerprint density at radius 2 is 2.08 bits per heavy atom. The highest BCUT2D eigenvalue weighted by molar-refractivity contribution is 5.94. The van der Waals surface area contributed by atoms with Crippen LogP contribution in [0.15, 0.2) is 41.0 Å². The van der Waals surface area contributed by atoms with Crippen molar-refractivity contribution < 1.29 is 13.9 Å². The Bertz CT molecular complexity index is 717. The van der Waals surface area contributed by atoms with E-state index in [1.165, 1.54) is 5.56 Å². The fourth-order valence-corrected chi connectivity index (χ4v) is 3.44. The summed E-state index contributed by atoms with van der Waals surface area (Å²) in [5, 5.41) is 3.15. The largest absolute Gasteiger partial charge is 0.497 e. The van der Waals surface area contributed by atoms with E-state index in [9.17, 15) is 4.79 Å². The molecule has 0 radical (unpaired) electrons. The lowest BCUT2D eigenvalue weighted by Gasteiger charge is -2.35. The Morgan fingerprint density at radius 3 is 2.72 bits per heavy atom. The van der Waals surface area contributed by atoms with Gasteiger partial charge in [-0.3, -0.25) is 9.69 Å². The minimum Gasteiger partial charge on any atom is -0.497 e. The summed E-state index contributed by atoms with van der Waals surface area (Å²) in [5.74, 6) is 1.70. The fourth-order valence-electron chi connectivity index (χ4n) is 3.44. The van der Waals surface area contributed by atoms with Gasteiger partial charge in [0.15, 0.2) is 0 Å². The molecule has 1 unspecified atom stereocenters. The number of likely N-dealkylation sites (tertiary alicyclic amines) is 1. The van der Waals surface area contributed by atoms with Gasteiger partial charge in [0.1, 0.15) is 11.5 Å². The van der Waals surface area contributed by atoms with Crippen molar-refractivity contribution in [3.8, 4) is 5.75 Å². The number of hydrogen-bond acceptors (Lipinski definition) is 4. The van der Waals surface area contributed by atoms with E-state index in [1.807, 2.05) is 24.3 Å². The van der Waals surface area contributed by atoms with Crippen LogP contribution in [0, 0.1) is 6.92 Å². The smallest absolute Gasteiger partial charge is 0.251 e. The van der Waals surface area contributed by atoms with Crippen molar-refractivity contribution in [2.45, 2.75) is 38.8 Å². The van der Waals surface area contributed by atoms with E-state index < -0.39 is 0 Å². The molecule has 134 valence electrons. The van der Waals surface area contributed by atoms with Crippen LogP contribution in [-0.2, 0) is 0 Å². The molecule has 25 heavy (non-hydrogen) atoms. The normalized spacial score (nSPS) is 17.2. The first-order chi connectivity index (χ1) is 12.1. The number of carbonyl (C=O) groups excluding carboxylic acids is 1. The fraction of sp³-hybridized carbons (Fsp3) is 0.450. The molecule has 1 saturated heterocycles. The van der Waals surface area contributed by atoms with Crippen molar-refractivity contribution in [2.75, 3.05) is 20.2 Å². The van der Waals surface area contributed by atoms with Gasteiger partial charge in [0.25, 0.3) is 5.91 Å². The second-order valence-electron chi connectivity index (χ2n) is 6.66. The molecule has 0 spiro atoms. The van der Waals surface area contributed by atoms with E-state index >= 15 is 0 Å². The van der Waals surface area contributed by atoms with Crippen LogP contribution >= 0.6 is 0 Å². The van der Waals surface area contributed by atoms with Crippen LogP contribution in [0.3, 0.4) is 0 Å². The Labute approximate surface area is 149 Å². The highest BCUT2D eigenvalue weighted by atomic mass is 16.5. The Hall–Kier alpha value is -2.27. The summed E-state index contributed by atoms with van der Waals surface area (Å²) < 4.78 is 10.8. The molecule has 1 aliphatic rings. The van der Waals surface area contributed by atoms with Crippen molar-refractivity contribution in [1.82, 2.24) is 10.2 Å². The maximum atomic E-state index is 12.4. The highest BCUT2D eigenvalue weighted by Crippen LogP contribution is 2.27. The van der Waals surface area contributed by atoms with E-state index in [0.29, 0.717) is 11.3 Å². The average molecular weight is 342 g/mol. The maximum absolute atomic E-state index is 12.4. The third-order valence-corrected chi connectivity index (χ3v) is 5.03. The molecule has 5 heteroatoms. The number of benzene rings is 1. The number of ether oxygens (including phenoxy) is 1. The van der Waals surface area contributed by atoms with Gasteiger partial charge in [-0.2, -0.15) is 0 Å². The van der Waals surface area contributed by atoms with Gasteiger partial charge in [0, 0.05) is 24.7 Å². The number of furan rings is 1. The molecule has 0 aliphatic carbocycles. The van der Waals surface area contributed by atoms with Crippen LogP contribution in [0.5, 0.6) is 5.75 Å². The van der Waals surface area contributed by atoms with Crippen LogP contribution < -0.4 is 10.1 Å². The minimum atomic E-state index is -0.0349. The first-order valence-corrected chi connectivity index (χ1v) is 8.81. The lowest BCUT2D eigenvalue weighted by Crippen LogP contribution is -2.45. The zero-order valence-electron chi connectivity index (χ0n) is 15.1. The third-order valence-electron chi connectivity index (χ3n) is 5.03. The number of aryl methyl sites for hydroxylation is 1. The van der Waals surface area contributed by atoms with Crippen molar-refractivity contribution in [1.29, 1.82) is 0 Å². The molecular weight excluding hydrogens is 316 g/mol. The summed E-state index contributed by atoms with van der Waals surface area (Å²) in [7, 11) is 1.61. The molecule has 1 aliphatic heterocycles. The van der Waals surface area contributed by atoms with Gasteiger partial charge in [-0.25, -0.2) is 0 Å². The molecule has 2 heterocycles. The van der Waals surface area contributed by atoms with Gasteiger partial charge in [0.05, 0.1) is 19.4 Å². The van der Waals surface area contributed by atoms with Gasteiger partial charge >= 0.3 is 0 Å². The van der Waals surface area contributed by atoms with Crippen LogP contribution in [0.4, 0.5) is 0 Å². The number of nitrogens with one attached hydrogen (secondary N) is 1. The second kappa shape index (κ2) is 7.74. The molecule has 5 nitrogen and oxygen atoms in total. The number of methoxy groups -OCH3 is 1. The van der Waals surface area contributed by atoms with Crippen molar-refractivity contribution >= 4 is 5.91 Å². The van der Waals surface area contributed by atoms with E-state index in [0.717, 1.165) is 31.7 Å². The van der Waals surface area contributed by atoms with Gasteiger partial charge in [0.2, 0.25) is 0 Å². The van der Waals surface area contributed by atoms with Crippen molar-refractivity contribution in [2.24, 2.45) is 0 Å². The molecule has 2 aromatic rings. The topological polar surface area (TPSA) is 54.7 Å². The van der Waals surface area contributed by atoms with E-state index in [-0.39, 0.29) is 18.0 Å². The van der Waals surface area contributed by atoms with Gasteiger partial charge in [-0.05, 0) is 56.5 Å². The molecular formula is C20H26N2O3. The molecule has 1 atom stereocenters. The Kier molecular flexibility index (Phi) is 5.43. The molecule has 0 bridgehead atoms. The van der Waals surface area contributed by atoms with Crippen LogP contribution in [0.1, 0.15) is 47.5 Å². The Balaban J connectivity index is 1.54. The van der Waals surface area contributed by atoms with Crippen molar-refractivity contribution in [3.63, 3.8) is 0 Å². The van der Waals surface area contributed by atoms with Gasteiger partial charge in [-0.15, -0.1) is 0 Å². The number of carbonyl (C=O) groups is 1. The summed E-state index contributed by atoms with van der Waals surface area (Å²) in [5.41, 5.74) is 1.84. The van der Waals surface area contributed by atoms with Crippen LogP contribution in [0.25, 0.3) is 0 Å². The molecule has 1 fully saturated rings. The summed E-state index contributed by atoms with van der Waals surface area (Å²) in [6.45, 7) is 6.16. The summed E-state index contributed by atoms with van der Waals surface area (Å²) >= 11 is 0. The third kappa shape index (κ3) is 4.04. The maximum Gasteiger partial charge on any atom is 0.251 e. The number of amides is 1. The highest BCUT2D eigenvalue weighted by Gasteiger charge is 2.26. The predicted molar refractivity (Wildman–Crippen MR) is 96.9 cm³/mol. The lowest BCUT2D eigenvalue weighted by molar-refractivity contribution is 0.0887. The Morgan fingerprint density at radius 1 is 1.32 bits per heavy atom. The SMILES string of the molecule is COc1cccc(C(=O)NC2CCN(C(C)c3occc3C)CC2)c1. The standard InChI is InChI=1S/C20H26N2O3/c1-14-9-12-25-19(14)15(2)22-10-7-17(8-11-22)21-20(23)16-5-4-6-18(13-16)24-3/h4-6,9,12-13,15,17H,7-8,10-11H2,1-3H3,(H,21,23). The molecule has 1 N–H and O–H groups in total. The number of hydrogen-bond donors (Lipinski definition) is 1. The van der Waals surface area contributed by atoms with Gasteiger partial charge < -0.3 is 14.5 Å². The molecule has 1 aromatic carbocycles. The van der Waals surface area contributed by atoms with Crippen LogP contribution in [0.2, 0.25) is 0 Å². The van der Waals surface area contributed by atoms with E-state index in [4.69, 9.17) is 9.15 Å². The first-order valence-electron chi connectivity index (χ1n) is 8.81. The molecule has 0 saturated carbocycles. The first kappa shape index (κ1) is 17.5. The number of nitrogens with zero attached hydrogens (tertiary/aromatic N) is 1. The van der Waals surface area contributed by atoms with Crippen molar-refractivity contribution in [3.05, 3.63) is 53.5 Å². The average Bonchev–Trinajstić information content (AvgIpc) is 3.07. The number of piperidine rings is 1. The van der Waals surface area contributed by atoms with E-state index in [2.05, 4.69) is 24.1 Å². The van der Waals surface area contributed by atoms with E-state index in [1.54, 1.807) is 19.4 Å². The van der Waals surface area contributed by atoms with Crippen LogP contribution in [-0.4, -0.2) is 37.0 Å². The molecule has 3 rings (SSSR count). The monoisotopic (exact) mass is 342 g/mol.